The van der Waals surface area contributed by atoms with Gasteiger partial charge in [0, 0.05) is 33.0 Å². The highest BCUT2D eigenvalue weighted by Gasteiger charge is 2.21. The van der Waals surface area contributed by atoms with Crippen molar-refractivity contribution in [3.63, 3.8) is 0 Å². The van der Waals surface area contributed by atoms with Crippen LogP contribution in [0.4, 0.5) is 0 Å². The Kier molecular flexibility index (Phi) is 5.92. The van der Waals surface area contributed by atoms with E-state index in [0.717, 1.165) is 93.9 Å². The minimum absolute atomic E-state index is 0.839. The lowest BCUT2D eigenvalue weighted by atomic mass is 9.96. The summed E-state index contributed by atoms with van der Waals surface area (Å²) in [4.78, 5) is 5.13. The molecule has 0 aliphatic carbocycles. The number of nitrogens with zero attached hydrogens (tertiary/aromatic N) is 2. The molecule has 51 heavy (non-hydrogen) atoms. The standard InChI is InChI=1S/C47H28N2O2/c1-2-10-29(11-3-1)30-18-20-31(21-19-30)47-48-40-14-6-7-15-41(40)49(47)35-25-24-32-26-34(23-22-33(32)27-35)38-28-39-36-12-4-8-16-42(36)50-46(39)44-37-13-5-9-17-43(37)51-45(38)44/h1-28H. The van der Waals surface area contributed by atoms with Crippen molar-refractivity contribution in [3.05, 3.63) is 170 Å². The molecule has 0 amide bonds. The van der Waals surface area contributed by atoms with Crippen molar-refractivity contribution in [3.8, 4) is 39.3 Å². The molecule has 0 aliphatic heterocycles. The summed E-state index contributed by atoms with van der Waals surface area (Å²) >= 11 is 0. The first-order valence-electron chi connectivity index (χ1n) is 17.2. The lowest BCUT2D eigenvalue weighted by Crippen LogP contribution is -1.97. The lowest BCUT2D eigenvalue weighted by Gasteiger charge is -2.12. The molecule has 238 valence electrons. The average molecular weight is 653 g/mol. The number of hydrogen-bond donors (Lipinski definition) is 0. The molecular formula is C47H28N2O2. The van der Waals surface area contributed by atoms with Crippen LogP contribution in [-0.2, 0) is 0 Å². The minimum Gasteiger partial charge on any atom is -0.455 e. The van der Waals surface area contributed by atoms with Crippen LogP contribution in [0.25, 0.3) is 105 Å². The predicted molar refractivity (Wildman–Crippen MR) is 209 cm³/mol. The van der Waals surface area contributed by atoms with Crippen molar-refractivity contribution in [1.82, 2.24) is 9.55 Å². The highest BCUT2D eigenvalue weighted by molar-refractivity contribution is 6.25. The van der Waals surface area contributed by atoms with Crippen LogP contribution in [0.1, 0.15) is 0 Å². The van der Waals surface area contributed by atoms with E-state index >= 15 is 0 Å². The SMILES string of the molecule is c1ccc(-c2ccc(-c3nc4ccccc4n3-c3ccc4cc(-c5cc6c7ccccc7oc6c6c5oc5ccccc56)ccc4c3)cc2)cc1. The van der Waals surface area contributed by atoms with Gasteiger partial charge in [-0.1, -0.05) is 121 Å². The Bertz CT molecular complexity index is 3130. The zero-order valence-corrected chi connectivity index (χ0v) is 27.4. The normalized spacial score (nSPS) is 11.9. The Hall–Kier alpha value is -6.91. The maximum Gasteiger partial charge on any atom is 0.147 e. The highest BCUT2D eigenvalue weighted by Crippen LogP contribution is 2.44. The summed E-state index contributed by atoms with van der Waals surface area (Å²) < 4.78 is 15.3. The predicted octanol–water partition coefficient (Wildman–Crippen LogP) is 13.0. The molecule has 0 unspecified atom stereocenters. The first-order valence-corrected chi connectivity index (χ1v) is 17.2. The number of fused-ring (bicyclic) bond motifs is 9. The number of aromatic nitrogens is 2. The van der Waals surface area contributed by atoms with Crippen LogP contribution in [0.3, 0.4) is 0 Å². The summed E-state index contributed by atoms with van der Waals surface area (Å²) in [7, 11) is 0. The van der Waals surface area contributed by atoms with Gasteiger partial charge < -0.3 is 8.83 Å². The van der Waals surface area contributed by atoms with Crippen molar-refractivity contribution in [1.29, 1.82) is 0 Å². The van der Waals surface area contributed by atoms with E-state index in [9.17, 15) is 0 Å². The van der Waals surface area contributed by atoms with E-state index in [1.807, 2.05) is 36.4 Å². The maximum absolute atomic E-state index is 6.58. The molecule has 0 saturated heterocycles. The van der Waals surface area contributed by atoms with E-state index in [-0.39, 0.29) is 0 Å². The van der Waals surface area contributed by atoms with E-state index in [1.54, 1.807) is 0 Å². The van der Waals surface area contributed by atoms with Gasteiger partial charge in [-0.3, -0.25) is 4.57 Å². The van der Waals surface area contributed by atoms with Crippen molar-refractivity contribution < 1.29 is 8.83 Å². The highest BCUT2D eigenvalue weighted by atomic mass is 16.3. The van der Waals surface area contributed by atoms with Crippen LogP contribution in [0, 0.1) is 0 Å². The van der Waals surface area contributed by atoms with Crippen molar-refractivity contribution >= 4 is 65.7 Å². The molecule has 11 rings (SSSR count). The van der Waals surface area contributed by atoms with Crippen LogP contribution in [0.2, 0.25) is 0 Å². The Morgan fingerprint density at radius 3 is 1.92 bits per heavy atom. The van der Waals surface area contributed by atoms with Gasteiger partial charge in [0.25, 0.3) is 0 Å². The third-order valence-electron chi connectivity index (χ3n) is 10.2. The van der Waals surface area contributed by atoms with Crippen molar-refractivity contribution in [2.24, 2.45) is 0 Å². The number of para-hydroxylation sites is 4. The molecule has 4 heteroatoms. The first-order chi connectivity index (χ1) is 25.3. The van der Waals surface area contributed by atoms with Gasteiger partial charge in [-0.25, -0.2) is 4.98 Å². The Morgan fingerprint density at radius 1 is 0.431 bits per heavy atom. The molecular weight excluding hydrogens is 625 g/mol. The van der Waals surface area contributed by atoms with Crippen LogP contribution < -0.4 is 0 Å². The minimum atomic E-state index is 0.839. The van der Waals surface area contributed by atoms with Gasteiger partial charge in [-0.2, -0.15) is 0 Å². The zero-order valence-electron chi connectivity index (χ0n) is 27.4. The number of hydrogen-bond acceptors (Lipinski definition) is 3. The van der Waals surface area contributed by atoms with Gasteiger partial charge in [0.15, 0.2) is 0 Å². The largest absolute Gasteiger partial charge is 0.455 e. The molecule has 0 aliphatic rings. The summed E-state index contributed by atoms with van der Waals surface area (Å²) in [5.41, 5.74) is 12.1. The number of imidazole rings is 1. The second kappa shape index (κ2) is 10.8. The third kappa shape index (κ3) is 4.30. The van der Waals surface area contributed by atoms with Gasteiger partial charge in [-0.05, 0) is 76.0 Å². The van der Waals surface area contributed by atoms with Gasteiger partial charge in [0.05, 0.1) is 16.4 Å². The summed E-state index contributed by atoms with van der Waals surface area (Å²) in [6.45, 7) is 0. The quantitative estimate of drug-likeness (QED) is 0.190. The number of furan rings is 2. The molecule has 3 heterocycles. The summed E-state index contributed by atoms with van der Waals surface area (Å²) in [5, 5.41) is 6.56. The van der Waals surface area contributed by atoms with Gasteiger partial charge in [0.1, 0.15) is 28.2 Å². The van der Waals surface area contributed by atoms with Crippen LogP contribution >= 0.6 is 0 Å². The lowest BCUT2D eigenvalue weighted by molar-refractivity contribution is 0.663. The molecule has 0 atom stereocenters. The molecule has 0 fully saturated rings. The summed E-state index contributed by atoms with van der Waals surface area (Å²) in [5.74, 6) is 0.916. The van der Waals surface area contributed by atoms with Crippen molar-refractivity contribution in [2.45, 2.75) is 0 Å². The van der Waals surface area contributed by atoms with Gasteiger partial charge in [-0.15, -0.1) is 0 Å². The molecule has 11 aromatic rings. The Balaban J connectivity index is 1.06. The third-order valence-corrected chi connectivity index (χ3v) is 10.2. The summed E-state index contributed by atoms with van der Waals surface area (Å²) in [6.07, 6.45) is 0. The molecule has 0 radical (unpaired) electrons. The summed E-state index contributed by atoms with van der Waals surface area (Å²) in [6, 6.07) is 59.6. The second-order valence-corrected chi connectivity index (χ2v) is 13.2. The molecule has 4 nitrogen and oxygen atoms in total. The fraction of sp³-hybridized carbons (Fsp3) is 0. The van der Waals surface area contributed by atoms with E-state index in [0.29, 0.717) is 0 Å². The first kappa shape index (κ1) is 28.0. The monoisotopic (exact) mass is 652 g/mol. The van der Waals surface area contributed by atoms with E-state index in [1.165, 1.54) is 11.1 Å². The van der Waals surface area contributed by atoms with Crippen LogP contribution in [-0.4, -0.2) is 9.55 Å². The molecule has 3 aromatic heterocycles. The van der Waals surface area contributed by atoms with Gasteiger partial charge >= 0.3 is 0 Å². The fourth-order valence-corrected chi connectivity index (χ4v) is 7.74. The molecule has 8 aromatic carbocycles. The Morgan fingerprint density at radius 2 is 1.06 bits per heavy atom. The van der Waals surface area contributed by atoms with Crippen molar-refractivity contribution in [2.75, 3.05) is 0 Å². The Labute approximate surface area is 292 Å². The van der Waals surface area contributed by atoms with Crippen LogP contribution in [0.5, 0.6) is 0 Å². The van der Waals surface area contributed by atoms with Gasteiger partial charge in [0.2, 0.25) is 0 Å². The molecule has 0 bridgehead atoms. The maximum atomic E-state index is 6.58. The number of rotatable bonds is 4. The molecule has 0 saturated carbocycles. The van der Waals surface area contributed by atoms with E-state index in [2.05, 4.69) is 138 Å². The van der Waals surface area contributed by atoms with E-state index < -0.39 is 0 Å². The average Bonchev–Trinajstić information content (AvgIpc) is 3.89. The number of benzene rings is 8. The molecule has 0 N–H and O–H groups in total. The smallest absolute Gasteiger partial charge is 0.147 e. The zero-order chi connectivity index (χ0) is 33.5. The van der Waals surface area contributed by atoms with E-state index in [4.69, 9.17) is 13.8 Å². The topological polar surface area (TPSA) is 44.1 Å². The molecule has 0 spiro atoms. The van der Waals surface area contributed by atoms with Crippen LogP contribution in [0.15, 0.2) is 179 Å². The second-order valence-electron chi connectivity index (χ2n) is 13.2. The fourth-order valence-electron chi connectivity index (χ4n) is 7.74.